The van der Waals surface area contributed by atoms with E-state index in [1.165, 1.54) is 19.1 Å². The molecule has 6 heteroatoms. The zero-order chi connectivity index (χ0) is 22.2. The van der Waals surface area contributed by atoms with Crippen LogP contribution in [0.15, 0.2) is 72.8 Å². The Hall–Kier alpha value is -3.80. The van der Waals surface area contributed by atoms with Crippen LogP contribution in [-0.4, -0.2) is 30.6 Å². The van der Waals surface area contributed by atoms with Crippen molar-refractivity contribution in [2.75, 3.05) is 13.2 Å². The first-order valence-electron chi connectivity index (χ1n) is 9.82. The SMILES string of the molecule is CC(=O)NCCc1ccc(C(=O)COc2ccc(C(=O)c3ccccc3)cc2)cc1F. The Morgan fingerprint density at radius 3 is 2.16 bits per heavy atom. The highest BCUT2D eigenvalue weighted by Gasteiger charge is 2.12. The number of carbonyl (C=O) groups excluding carboxylic acids is 3. The summed E-state index contributed by atoms with van der Waals surface area (Å²) in [6, 6.07) is 19.7. The molecule has 0 saturated carbocycles. The monoisotopic (exact) mass is 419 g/mol. The molecule has 3 aromatic carbocycles. The minimum absolute atomic E-state index is 0.0997. The van der Waals surface area contributed by atoms with Crippen molar-refractivity contribution in [2.24, 2.45) is 0 Å². The summed E-state index contributed by atoms with van der Waals surface area (Å²) in [5, 5.41) is 2.60. The average molecular weight is 419 g/mol. The van der Waals surface area contributed by atoms with Crippen LogP contribution >= 0.6 is 0 Å². The standard InChI is InChI=1S/C25H22FNO4/c1-17(28)27-14-13-18-7-8-21(15-23(18)26)24(29)16-31-22-11-9-20(10-12-22)25(30)19-5-3-2-4-6-19/h2-12,15H,13-14,16H2,1H3,(H,27,28). The Balaban J connectivity index is 1.56. The third-order valence-corrected chi connectivity index (χ3v) is 4.67. The van der Waals surface area contributed by atoms with Gasteiger partial charge < -0.3 is 10.1 Å². The third kappa shape index (κ3) is 6.09. The lowest BCUT2D eigenvalue weighted by Gasteiger charge is -2.09. The zero-order valence-corrected chi connectivity index (χ0v) is 17.1. The normalized spacial score (nSPS) is 10.4. The molecule has 0 aliphatic rings. The van der Waals surface area contributed by atoms with E-state index < -0.39 is 5.82 Å². The van der Waals surface area contributed by atoms with E-state index in [1.807, 2.05) is 6.07 Å². The summed E-state index contributed by atoms with van der Waals surface area (Å²) in [4.78, 5) is 35.6. The zero-order valence-electron chi connectivity index (χ0n) is 17.1. The number of ether oxygens (including phenoxy) is 1. The minimum atomic E-state index is -0.500. The van der Waals surface area contributed by atoms with Gasteiger partial charge in [-0.05, 0) is 42.3 Å². The predicted octanol–water partition coefficient (Wildman–Crippen LogP) is 4.00. The number of nitrogens with one attached hydrogen (secondary N) is 1. The van der Waals surface area contributed by atoms with Gasteiger partial charge >= 0.3 is 0 Å². The molecule has 31 heavy (non-hydrogen) atoms. The molecular weight excluding hydrogens is 397 g/mol. The number of rotatable bonds is 9. The summed E-state index contributed by atoms with van der Waals surface area (Å²) >= 11 is 0. The first-order valence-corrected chi connectivity index (χ1v) is 9.82. The van der Waals surface area contributed by atoms with Gasteiger partial charge in [-0.2, -0.15) is 0 Å². The minimum Gasteiger partial charge on any atom is -0.485 e. The second kappa shape index (κ2) is 10.3. The second-order valence-corrected chi connectivity index (χ2v) is 6.97. The van der Waals surface area contributed by atoms with Crippen LogP contribution in [-0.2, 0) is 11.2 Å². The molecule has 3 aromatic rings. The lowest BCUT2D eigenvalue weighted by molar-refractivity contribution is -0.118. The molecule has 158 valence electrons. The number of hydrogen-bond donors (Lipinski definition) is 1. The fraction of sp³-hybridized carbons (Fsp3) is 0.160. The number of halogens is 1. The number of Topliss-reactive ketones (excluding diaryl/α,β-unsaturated/α-hetero) is 1. The van der Waals surface area contributed by atoms with Gasteiger partial charge in [-0.15, -0.1) is 0 Å². The summed E-state index contributed by atoms with van der Waals surface area (Å²) in [5.41, 5.74) is 1.73. The van der Waals surface area contributed by atoms with E-state index in [1.54, 1.807) is 54.6 Å². The number of ketones is 2. The summed E-state index contributed by atoms with van der Waals surface area (Å²) in [6.07, 6.45) is 0.338. The van der Waals surface area contributed by atoms with Crippen LogP contribution in [0.5, 0.6) is 5.75 Å². The largest absolute Gasteiger partial charge is 0.485 e. The van der Waals surface area contributed by atoms with Gasteiger partial charge in [0.15, 0.2) is 18.2 Å². The lowest BCUT2D eigenvalue weighted by atomic mass is 10.0. The van der Waals surface area contributed by atoms with Crippen molar-refractivity contribution in [3.05, 3.63) is 101 Å². The molecule has 1 amide bonds. The molecule has 0 aliphatic heterocycles. The Labute approximate surface area is 179 Å². The van der Waals surface area contributed by atoms with Crippen LogP contribution in [0.3, 0.4) is 0 Å². The first kappa shape index (κ1) is 21.9. The van der Waals surface area contributed by atoms with E-state index in [-0.39, 0.29) is 29.6 Å². The van der Waals surface area contributed by atoms with Crippen LogP contribution in [0.4, 0.5) is 4.39 Å². The van der Waals surface area contributed by atoms with E-state index in [0.717, 1.165) is 0 Å². The van der Waals surface area contributed by atoms with Crippen LogP contribution in [0.2, 0.25) is 0 Å². The Morgan fingerprint density at radius 2 is 1.52 bits per heavy atom. The molecule has 0 saturated heterocycles. The number of hydrogen-bond acceptors (Lipinski definition) is 4. The quantitative estimate of drug-likeness (QED) is 0.532. The van der Waals surface area contributed by atoms with Crippen molar-refractivity contribution in [1.82, 2.24) is 5.32 Å². The molecular formula is C25H22FNO4. The van der Waals surface area contributed by atoms with E-state index >= 15 is 0 Å². The maximum Gasteiger partial charge on any atom is 0.216 e. The number of benzene rings is 3. The highest BCUT2D eigenvalue weighted by molar-refractivity contribution is 6.09. The number of carbonyl (C=O) groups is 3. The van der Waals surface area contributed by atoms with E-state index in [4.69, 9.17) is 4.74 Å². The van der Waals surface area contributed by atoms with Crippen LogP contribution in [0.1, 0.15) is 38.8 Å². The van der Waals surface area contributed by atoms with Crippen molar-refractivity contribution < 1.29 is 23.5 Å². The molecule has 0 radical (unpaired) electrons. The van der Waals surface area contributed by atoms with Gasteiger partial charge in [0.05, 0.1) is 0 Å². The second-order valence-electron chi connectivity index (χ2n) is 6.97. The number of amides is 1. The van der Waals surface area contributed by atoms with Gasteiger partial charge in [-0.25, -0.2) is 4.39 Å². The van der Waals surface area contributed by atoms with Gasteiger partial charge in [-0.1, -0.05) is 42.5 Å². The summed E-state index contributed by atoms with van der Waals surface area (Å²) in [7, 11) is 0. The van der Waals surface area contributed by atoms with Crippen molar-refractivity contribution in [1.29, 1.82) is 0 Å². The molecule has 0 fully saturated rings. The Morgan fingerprint density at radius 1 is 0.871 bits per heavy atom. The van der Waals surface area contributed by atoms with Crippen molar-refractivity contribution in [3.63, 3.8) is 0 Å². The van der Waals surface area contributed by atoms with Crippen LogP contribution in [0, 0.1) is 5.82 Å². The first-order chi connectivity index (χ1) is 14.9. The fourth-order valence-electron chi connectivity index (χ4n) is 2.99. The summed E-state index contributed by atoms with van der Waals surface area (Å²) in [6.45, 7) is 1.47. The molecule has 0 atom stereocenters. The Kier molecular flexibility index (Phi) is 7.27. The Bertz CT molecular complexity index is 1080. The maximum atomic E-state index is 14.2. The smallest absolute Gasteiger partial charge is 0.216 e. The van der Waals surface area contributed by atoms with E-state index in [0.29, 0.717) is 35.4 Å². The van der Waals surface area contributed by atoms with Gasteiger partial charge in [0.25, 0.3) is 0 Å². The van der Waals surface area contributed by atoms with Crippen LogP contribution in [0.25, 0.3) is 0 Å². The van der Waals surface area contributed by atoms with Crippen LogP contribution < -0.4 is 10.1 Å². The van der Waals surface area contributed by atoms with E-state index in [2.05, 4.69) is 5.32 Å². The summed E-state index contributed by atoms with van der Waals surface area (Å²) < 4.78 is 19.7. The molecule has 0 spiro atoms. The van der Waals surface area contributed by atoms with Crippen molar-refractivity contribution in [3.8, 4) is 5.75 Å². The molecule has 0 heterocycles. The molecule has 0 aliphatic carbocycles. The third-order valence-electron chi connectivity index (χ3n) is 4.67. The molecule has 1 N–H and O–H groups in total. The maximum absolute atomic E-state index is 14.2. The van der Waals surface area contributed by atoms with Gasteiger partial charge in [0.1, 0.15) is 11.6 Å². The van der Waals surface area contributed by atoms with Crippen molar-refractivity contribution >= 4 is 17.5 Å². The van der Waals surface area contributed by atoms with Gasteiger partial charge in [-0.3, -0.25) is 14.4 Å². The van der Waals surface area contributed by atoms with Crippen molar-refractivity contribution in [2.45, 2.75) is 13.3 Å². The molecule has 5 nitrogen and oxygen atoms in total. The topological polar surface area (TPSA) is 72.5 Å². The highest BCUT2D eigenvalue weighted by atomic mass is 19.1. The molecule has 0 unspecified atom stereocenters. The van der Waals surface area contributed by atoms with Gasteiger partial charge in [0, 0.05) is 30.2 Å². The molecule has 0 bridgehead atoms. The average Bonchev–Trinajstić information content (AvgIpc) is 2.78. The molecule has 3 rings (SSSR count). The van der Waals surface area contributed by atoms with Gasteiger partial charge in [0.2, 0.25) is 5.91 Å². The highest BCUT2D eigenvalue weighted by Crippen LogP contribution is 2.17. The summed E-state index contributed by atoms with van der Waals surface area (Å²) in [5.74, 6) is -0.707. The van der Waals surface area contributed by atoms with E-state index in [9.17, 15) is 18.8 Å². The lowest BCUT2D eigenvalue weighted by Crippen LogP contribution is -2.22. The molecule has 0 aromatic heterocycles. The predicted molar refractivity (Wildman–Crippen MR) is 115 cm³/mol. The fourth-order valence-corrected chi connectivity index (χ4v) is 2.99.